The van der Waals surface area contributed by atoms with E-state index in [1.54, 1.807) is 10.9 Å². The number of nitro groups is 1. The van der Waals surface area contributed by atoms with Crippen LogP contribution in [0, 0.1) is 10.1 Å². The predicted octanol–water partition coefficient (Wildman–Crippen LogP) is 2.08. The van der Waals surface area contributed by atoms with Gasteiger partial charge in [-0.2, -0.15) is 4.68 Å². The van der Waals surface area contributed by atoms with Crippen LogP contribution in [0.5, 0.6) is 0 Å². The largest absolute Gasteiger partial charge is 0.393 e. The molecule has 0 unspecified atom stereocenters. The minimum atomic E-state index is -0.471. The van der Waals surface area contributed by atoms with Crippen LogP contribution in [0.25, 0.3) is 0 Å². The molecule has 7 heteroatoms. The summed E-state index contributed by atoms with van der Waals surface area (Å²) < 4.78 is 1.56. The van der Waals surface area contributed by atoms with E-state index in [0.717, 1.165) is 5.33 Å². The average Bonchev–Trinajstić information content (AvgIpc) is 2.48. The Balaban J connectivity index is 2.97. The van der Waals surface area contributed by atoms with Crippen molar-refractivity contribution in [3.05, 3.63) is 21.9 Å². The zero-order valence-electron chi connectivity index (χ0n) is 6.61. The molecule has 0 bridgehead atoms. The Morgan fingerprint density at radius 1 is 1.62 bits per heavy atom. The van der Waals surface area contributed by atoms with Crippen molar-refractivity contribution in [3.8, 4) is 0 Å². The van der Waals surface area contributed by atoms with Gasteiger partial charge in [-0.15, -0.1) is 0 Å². The zero-order valence-corrected chi connectivity index (χ0v) is 9.78. The van der Waals surface area contributed by atoms with Crippen LogP contribution in [0.4, 0.5) is 5.82 Å². The van der Waals surface area contributed by atoms with Gasteiger partial charge in [-0.25, -0.2) is 0 Å². The van der Waals surface area contributed by atoms with Crippen molar-refractivity contribution in [2.45, 2.75) is 11.9 Å². The third kappa shape index (κ3) is 2.50. The summed E-state index contributed by atoms with van der Waals surface area (Å²) in [5.41, 5.74) is 0.603. The van der Waals surface area contributed by atoms with Crippen LogP contribution >= 0.6 is 31.9 Å². The SMILES string of the molecule is O=[N+]([O-])c1nn(CCBr)cc1CBr. The van der Waals surface area contributed by atoms with Gasteiger partial charge in [0, 0.05) is 10.7 Å². The topological polar surface area (TPSA) is 61.0 Å². The lowest BCUT2D eigenvalue weighted by Crippen LogP contribution is -2.00. The Bertz CT molecular complexity index is 313. The van der Waals surface area contributed by atoms with Gasteiger partial charge in [0.2, 0.25) is 0 Å². The lowest BCUT2D eigenvalue weighted by atomic mass is 10.4. The third-order valence-corrected chi connectivity index (χ3v) is 2.40. The molecule has 72 valence electrons. The third-order valence-electron chi connectivity index (χ3n) is 1.45. The smallest absolute Gasteiger partial charge is 0.358 e. The maximum atomic E-state index is 10.5. The molecule has 0 aromatic carbocycles. The van der Waals surface area contributed by atoms with Crippen molar-refractivity contribution in [2.75, 3.05) is 5.33 Å². The number of alkyl halides is 2. The number of aryl methyl sites for hydroxylation is 1. The first-order valence-electron chi connectivity index (χ1n) is 3.51. The zero-order chi connectivity index (χ0) is 9.84. The molecule has 0 saturated heterocycles. The molecule has 0 atom stereocenters. The summed E-state index contributed by atoms with van der Waals surface area (Å²) in [4.78, 5) is 10.0. The van der Waals surface area contributed by atoms with E-state index in [-0.39, 0.29) is 5.82 Å². The van der Waals surface area contributed by atoms with Crippen LogP contribution in [-0.2, 0) is 11.9 Å². The molecule has 13 heavy (non-hydrogen) atoms. The molecule has 1 rings (SSSR count). The van der Waals surface area contributed by atoms with Crippen molar-refractivity contribution in [1.29, 1.82) is 0 Å². The monoisotopic (exact) mass is 311 g/mol. The Labute approximate surface area is 91.5 Å². The van der Waals surface area contributed by atoms with Gasteiger partial charge in [0.1, 0.15) is 0 Å². The summed E-state index contributed by atoms with van der Waals surface area (Å²) in [6, 6.07) is 0. The first kappa shape index (κ1) is 10.6. The van der Waals surface area contributed by atoms with E-state index < -0.39 is 4.92 Å². The molecule has 0 aliphatic rings. The summed E-state index contributed by atoms with van der Waals surface area (Å²) in [7, 11) is 0. The van der Waals surface area contributed by atoms with Crippen LogP contribution in [0.2, 0.25) is 0 Å². The number of aromatic nitrogens is 2. The van der Waals surface area contributed by atoms with E-state index >= 15 is 0 Å². The minimum absolute atomic E-state index is 0.0715. The quantitative estimate of drug-likeness (QED) is 0.486. The first-order valence-corrected chi connectivity index (χ1v) is 5.76. The summed E-state index contributed by atoms with van der Waals surface area (Å²) in [6.07, 6.45) is 1.67. The summed E-state index contributed by atoms with van der Waals surface area (Å²) in [6.45, 7) is 0.633. The maximum Gasteiger partial charge on any atom is 0.393 e. The molecule has 0 N–H and O–H groups in total. The number of halogens is 2. The Morgan fingerprint density at radius 3 is 2.69 bits per heavy atom. The fraction of sp³-hybridized carbons (Fsp3) is 0.500. The van der Waals surface area contributed by atoms with Crippen molar-refractivity contribution in [1.82, 2.24) is 9.78 Å². The van der Waals surface area contributed by atoms with E-state index in [4.69, 9.17) is 0 Å². The van der Waals surface area contributed by atoms with Gasteiger partial charge in [0.15, 0.2) is 0 Å². The van der Waals surface area contributed by atoms with Gasteiger partial charge in [0.25, 0.3) is 0 Å². The normalized spacial score (nSPS) is 10.3. The van der Waals surface area contributed by atoms with E-state index in [9.17, 15) is 10.1 Å². The van der Waals surface area contributed by atoms with Gasteiger partial charge in [-0.05, 0) is 4.92 Å². The Hall–Kier alpha value is -0.430. The first-order chi connectivity index (χ1) is 6.19. The van der Waals surface area contributed by atoms with Gasteiger partial charge in [0.05, 0.1) is 23.4 Å². The number of hydrogen-bond donors (Lipinski definition) is 0. The summed E-state index contributed by atoms with van der Waals surface area (Å²) >= 11 is 6.41. The molecule has 0 radical (unpaired) electrons. The molecule has 1 aromatic rings. The lowest BCUT2D eigenvalue weighted by Gasteiger charge is -1.88. The molecular formula is C6H7Br2N3O2. The van der Waals surface area contributed by atoms with Crippen LogP contribution in [-0.4, -0.2) is 20.0 Å². The number of rotatable bonds is 4. The van der Waals surface area contributed by atoms with Crippen LogP contribution < -0.4 is 0 Å². The van der Waals surface area contributed by atoms with Crippen LogP contribution in [0.1, 0.15) is 5.56 Å². The Kier molecular flexibility index (Phi) is 3.86. The van der Waals surface area contributed by atoms with E-state index in [1.807, 2.05) is 0 Å². The van der Waals surface area contributed by atoms with E-state index in [2.05, 4.69) is 37.0 Å². The molecule has 0 amide bonds. The molecule has 0 spiro atoms. The highest BCUT2D eigenvalue weighted by molar-refractivity contribution is 9.09. The van der Waals surface area contributed by atoms with Gasteiger partial charge in [-0.1, -0.05) is 31.9 Å². The molecule has 1 aromatic heterocycles. The standard InChI is InChI=1S/C6H7Br2N3O2/c7-1-2-10-4-5(3-8)6(9-10)11(12)13/h4H,1-3H2. The minimum Gasteiger partial charge on any atom is -0.358 e. The highest BCUT2D eigenvalue weighted by Crippen LogP contribution is 2.18. The number of hydrogen-bond acceptors (Lipinski definition) is 3. The van der Waals surface area contributed by atoms with Crippen molar-refractivity contribution >= 4 is 37.7 Å². The molecule has 1 heterocycles. The van der Waals surface area contributed by atoms with E-state index in [1.165, 1.54) is 0 Å². The van der Waals surface area contributed by atoms with Gasteiger partial charge < -0.3 is 10.1 Å². The predicted molar refractivity (Wildman–Crippen MR) is 55.3 cm³/mol. The van der Waals surface area contributed by atoms with Crippen molar-refractivity contribution < 1.29 is 4.92 Å². The lowest BCUT2D eigenvalue weighted by molar-refractivity contribution is -0.390. The van der Waals surface area contributed by atoms with Crippen LogP contribution in [0.15, 0.2) is 6.20 Å². The maximum absolute atomic E-state index is 10.5. The second-order valence-electron chi connectivity index (χ2n) is 2.32. The van der Waals surface area contributed by atoms with Gasteiger partial charge in [-0.3, -0.25) is 0 Å². The number of nitrogens with zero attached hydrogens (tertiary/aromatic N) is 3. The molecule has 0 aliphatic carbocycles. The summed E-state index contributed by atoms with van der Waals surface area (Å²) in [5, 5.41) is 15.5. The van der Waals surface area contributed by atoms with Crippen molar-refractivity contribution in [2.24, 2.45) is 0 Å². The molecule has 0 aliphatic heterocycles. The summed E-state index contributed by atoms with van der Waals surface area (Å²) in [5.74, 6) is -0.0715. The van der Waals surface area contributed by atoms with Gasteiger partial charge >= 0.3 is 5.82 Å². The second kappa shape index (κ2) is 4.71. The molecule has 5 nitrogen and oxygen atoms in total. The van der Waals surface area contributed by atoms with Crippen molar-refractivity contribution in [3.63, 3.8) is 0 Å². The Morgan fingerprint density at radius 2 is 2.31 bits per heavy atom. The second-order valence-corrected chi connectivity index (χ2v) is 3.67. The molecular weight excluding hydrogens is 306 g/mol. The average molecular weight is 313 g/mol. The van der Waals surface area contributed by atoms with Crippen LogP contribution in [0.3, 0.4) is 0 Å². The highest BCUT2D eigenvalue weighted by atomic mass is 79.9. The molecule has 0 saturated carbocycles. The highest BCUT2D eigenvalue weighted by Gasteiger charge is 2.18. The fourth-order valence-electron chi connectivity index (χ4n) is 0.902. The molecule has 0 fully saturated rings. The fourth-order valence-corrected chi connectivity index (χ4v) is 1.66. The van der Waals surface area contributed by atoms with E-state index in [0.29, 0.717) is 17.4 Å².